The number of ether oxygens (including phenoxy) is 1. The van der Waals surface area contributed by atoms with Crippen molar-refractivity contribution < 1.29 is 9.13 Å². The molecule has 1 nitrogen and oxygen atoms in total. The average molecular weight is 166 g/mol. The maximum absolute atomic E-state index is 12.8. The number of benzene rings is 1. The highest BCUT2D eigenvalue weighted by Gasteiger charge is 2.23. The van der Waals surface area contributed by atoms with Crippen LogP contribution in [-0.4, -0.2) is 6.10 Å². The topological polar surface area (TPSA) is 9.23 Å². The van der Waals surface area contributed by atoms with Gasteiger partial charge in [0, 0.05) is 6.07 Å². The zero-order chi connectivity index (χ0) is 8.55. The van der Waals surface area contributed by atoms with Crippen LogP contribution in [0, 0.1) is 12.7 Å². The second kappa shape index (κ2) is 2.77. The molecule has 0 saturated heterocycles. The molecule has 0 heterocycles. The van der Waals surface area contributed by atoms with E-state index in [2.05, 4.69) is 0 Å². The lowest BCUT2D eigenvalue weighted by Crippen LogP contribution is -1.96. The summed E-state index contributed by atoms with van der Waals surface area (Å²) in [5.41, 5.74) is 0.908. The molecule has 0 N–H and O–H groups in total. The Kier molecular flexibility index (Phi) is 1.75. The van der Waals surface area contributed by atoms with Crippen LogP contribution in [0.15, 0.2) is 18.2 Å². The Hall–Kier alpha value is -1.05. The monoisotopic (exact) mass is 166 g/mol. The van der Waals surface area contributed by atoms with E-state index in [4.69, 9.17) is 4.74 Å². The van der Waals surface area contributed by atoms with Crippen molar-refractivity contribution >= 4 is 0 Å². The molecular formula is C10H11FO. The predicted octanol–water partition coefficient (Wildman–Crippen LogP) is 2.68. The molecule has 0 unspecified atom stereocenters. The maximum Gasteiger partial charge on any atom is 0.127 e. The third-order valence-corrected chi connectivity index (χ3v) is 1.84. The van der Waals surface area contributed by atoms with Crippen molar-refractivity contribution in [2.75, 3.05) is 0 Å². The first-order valence-corrected chi connectivity index (χ1v) is 4.18. The molecular weight excluding hydrogens is 155 g/mol. The minimum Gasteiger partial charge on any atom is -0.490 e. The smallest absolute Gasteiger partial charge is 0.127 e. The van der Waals surface area contributed by atoms with Gasteiger partial charge in [0.15, 0.2) is 0 Å². The summed E-state index contributed by atoms with van der Waals surface area (Å²) in [6.07, 6.45) is 2.55. The Morgan fingerprint density at radius 2 is 2.08 bits per heavy atom. The van der Waals surface area contributed by atoms with E-state index in [0.29, 0.717) is 11.9 Å². The van der Waals surface area contributed by atoms with E-state index in [1.54, 1.807) is 0 Å². The van der Waals surface area contributed by atoms with Gasteiger partial charge in [-0.2, -0.15) is 0 Å². The van der Waals surface area contributed by atoms with E-state index in [1.165, 1.54) is 12.1 Å². The van der Waals surface area contributed by atoms with Gasteiger partial charge in [0.25, 0.3) is 0 Å². The summed E-state index contributed by atoms with van der Waals surface area (Å²) in [5, 5.41) is 0. The van der Waals surface area contributed by atoms with E-state index in [0.717, 1.165) is 18.4 Å². The van der Waals surface area contributed by atoms with Crippen molar-refractivity contribution in [2.24, 2.45) is 0 Å². The molecule has 1 saturated carbocycles. The molecule has 0 aliphatic heterocycles. The Labute approximate surface area is 71.2 Å². The van der Waals surface area contributed by atoms with Gasteiger partial charge in [0.1, 0.15) is 11.6 Å². The van der Waals surface area contributed by atoms with Crippen LogP contribution in [0.25, 0.3) is 0 Å². The van der Waals surface area contributed by atoms with E-state index >= 15 is 0 Å². The Bertz CT molecular complexity index is 272. The molecule has 64 valence electrons. The number of rotatable bonds is 2. The van der Waals surface area contributed by atoms with Crippen LogP contribution in [-0.2, 0) is 0 Å². The molecule has 1 aliphatic carbocycles. The van der Waals surface area contributed by atoms with Gasteiger partial charge in [-0.25, -0.2) is 4.39 Å². The minimum absolute atomic E-state index is 0.217. The van der Waals surface area contributed by atoms with Gasteiger partial charge < -0.3 is 4.74 Å². The average Bonchev–Trinajstić information content (AvgIpc) is 2.68. The summed E-state index contributed by atoms with van der Waals surface area (Å²) in [4.78, 5) is 0. The number of aryl methyl sites for hydroxylation is 1. The normalized spacial score (nSPS) is 16.2. The Morgan fingerprint density at radius 3 is 2.67 bits per heavy atom. The van der Waals surface area contributed by atoms with Gasteiger partial charge >= 0.3 is 0 Å². The maximum atomic E-state index is 12.8. The second-order valence-corrected chi connectivity index (χ2v) is 3.28. The predicted molar refractivity (Wildman–Crippen MR) is 44.8 cm³/mol. The number of halogens is 1. The first kappa shape index (κ1) is 7.59. The highest BCUT2D eigenvalue weighted by atomic mass is 19.1. The van der Waals surface area contributed by atoms with Crippen molar-refractivity contribution in [3.63, 3.8) is 0 Å². The lowest BCUT2D eigenvalue weighted by Gasteiger charge is -2.04. The van der Waals surface area contributed by atoms with Crippen LogP contribution in [0.3, 0.4) is 0 Å². The summed E-state index contributed by atoms with van der Waals surface area (Å²) in [7, 11) is 0. The van der Waals surface area contributed by atoms with Crippen molar-refractivity contribution in [3.05, 3.63) is 29.6 Å². The van der Waals surface area contributed by atoms with E-state index in [-0.39, 0.29) is 5.82 Å². The fourth-order valence-corrected chi connectivity index (χ4v) is 1.15. The molecule has 1 aromatic carbocycles. The van der Waals surface area contributed by atoms with Gasteiger partial charge in [0.2, 0.25) is 0 Å². The van der Waals surface area contributed by atoms with Crippen molar-refractivity contribution in [1.82, 2.24) is 0 Å². The molecule has 0 atom stereocenters. The molecule has 2 rings (SSSR count). The van der Waals surface area contributed by atoms with Crippen molar-refractivity contribution in [1.29, 1.82) is 0 Å². The van der Waals surface area contributed by atoms with Gasteiger partial charge in [-0.05, 0) is 37.5 Å². The zero-order valence-electron chi connectivity index (χ0n) is 7.01. The highest BCUT2D eigenvalue weighted by Crippen LogP contribution is 2.27. The fraction of sp³-hybridized carbons (Fsp3) is 0.400. The second-order valence-electron chi connectivity index (χ2n) is 3.28. The largest absolute Gasteiger partial charge is 0.490 e. The van der Waals surface area contributed by atoms with Crippen LogP contribution in [0.5, 0.6) is 5.75 Å². The summed E-state index contributed by atoms with van der Waals surface area (Å²) >= 11 is 0. The zero-order valence-corrected chi connectivity index (χ0v) is 7.01. The molecule has 1 fully saturated rings. The van der Waals surface area contributed by atoms with Gasteiger partial charge in [-0.15, -0.1) is 0 Å². The van der Waals surface area contributed by atoms with E-state index in [1.807, 2.05) is 13.0 Å². The lowest BCUT2D eigenvalue weighted by molar-refractivity contribution is 0.301. The first-order valence-electron chi connectivity index (χ1n) is 4.18. The van der Waals surface area contributed by atoms with Crippen LogP contribution in [0.2, 0.25) is 0 Å². The van der Waals surface area contributed by atoms with Crippen molar-refractivity contribution in [3.8, 4) is 5.75 Å². The SMILES string of the molecule is Cc1cc(F)cc(OC2CC2)c1. The summed E-state index contributed by atoms with van der Waals surface area (Å²) in [5.74, 6) is 0.445. The van der Waals surface area contributed by atoms with Gasteiger partial charge in [-0.1, -0.05) is 0 Å². The van der Waals surface area contributed by atoms with E-state index < -0.39 is 0 Å². The molecule has 2 heteroatoms. The van der Waals surface area contributed by atoms with Gasteiger partial charge in [0.05, 0.1) is 6.10 Å². The van der Waals surface area contributed by atoms with Crippen LogP contribution in [0.1, 0.15) is 18.4 Å². The van der Waals surface area contributed by atoms with E-state index in [9.17, 15) is 4.39 Å². The van der Waals surface area contributed by atoms with Gasteiger partial charge in [-0.3, -0.25) is 0 Å². The molecule has 0 aromatic heterocycles. The quantitative estimate of drug-likeness (QED) is 0.656. The van der Waals surface area contributed by atoms with Crippen LogP contribution in [0.4, 0.5) is 4.39 Å². The molecule has 0 bridgehead atoms. The minimum atomic E-state index is -0.217. The number of hydrogen-bond donors (Lipinski definition) is 0. The van der Waals surface area contributed by atoms with Crippen LogP contribution >= 0.6 is 0 Å². The first-order chi connectivity index (χ1) is 5.74. The third-order valence-electron chi connectivity index (χ3n) is 1.84. The molecule has 0 amide bonds. The molecule has 12 heavy (non-hydrogen) atoms. The summed E-state index contributed by atoms with van der Waals surface area (Å²) in [6.45, 7) is 1.86. The molecule has 1 aromatic rings. The number of hydrogen-bond acceptors (Lipinski definition) is 1. The summed E-state index contributed by atoms with van der Waals surface area (Å²) < 4.78 is 18.3. The van der Waals surface area contributed by atoms with Crippen LogP contribution < -0.4 is 4.74 Å². The van der Waals surface area contributed by atoms with Crippen molar-refractivity contribution in [2.45, 2.75) is 25.9 Å². The molecule has 1 aliphatic rings. The summed E-state index contributed by atoms with van der Waals surface area (Å²) in [6, 6.07) is 4.80. The highest BCUT2D eigenvalue weighted by molar-refractivity contribution is 5.29. The third kappa shape index (κ3) is 1.76. The standard InChI is InChI=1S/C10H11FO/c1-7-4-8(11)6-10(5-7)12-9-2-3-9/h4-6,9H,2-3H2,1H3. The molecule has 0 radical (unpaired) electrons. The Morgan fingerprint density at radius 1 is 1.33 bits per heavy atom. The fourth-order valence-electron chi connectivity index (χ4n) is 1.15. The molecule has 0 spiro atoms. The lowest BCUT2D eigenvalue weighted by atomic mass is 10.2. The Balaban J connectivity index is 2.18.